The van der Waals surface area contributed by atoms with Crippen LogP contribution in [0.25, 0.3) is 0 Å². The molecule has 18 heavy (non-hydrogen) atoms. The van der Waals surface area contributed by atoms with E-state index in [0.29, 0.717) is 11.6 Å². The molecule has 3 nitrogen and oxygen atoms in total. The highest BCUT2D eigenvalue weighted by Crippen LogP contribution is 2.24. The Kier molecular flexibility index (Phi) is 5.05. The Balaban J connectivity index is 1.84. The standard InChI is InChI=1S/C15H30N2O/c1-4-15(5-2)12-17(13(3)10-16-15)8-6-14-7-9-18-11-14/h13-14,16H,4-12H2,1-3H3. The predicted molar refractivity (Wildman–Crippen MR) is 75.9 cm³/mol. The molecule has 0 spiro atoms. The van der Waals surface area contributed by atoms with Crippen LogP contribution in [0.1, 0.15) is 46.5 Å². The average molecular weight is 254 g/mol. The smallest absolute Gasteiger partial charge is 0.0495 e. The summed E-state index contributed by atoms with van der Waals surface area (Å²) in [5.74, 6) is 0.810. The van der Waals surface area contributed by atoms with E-state index in [1.54, 1.807) is 0 Å². The van der Waals surface area contributed by atoms with Gasteiger partial charge in [-0.05, 0) is 45.1 Å². The van der Waals surface area contributed by atoms with Gasteiger partial charge in [0, 0.05) is 37.9 Å². The topological polar surface area (TPSA) is 24.5 Å². The van der Waals surface area contributed by atoms with Crippen LogP contribution in [0.3, 0.4) is 0 Å². The molecule has 0 aromatic rings. The first-order chi connectivity index (χ1) is 8.69. The molecular formula is C15H30N2O. The van der Waals surface area contributed by atoms with Crippen molar-refractivity contribution in [3.8, 4) is 0 Å². The van der Waals surface area contributed by atoms with Gasteiger partial charge in [0.2, 0.25) is 0 Å². The lowest BCUT2D eigenvalue weighted by atomic mass is 9.88. The van der Waals surface area contributed by atoms with Gasteiger partial charge in [0.25, 0.3) is 0 Å². The Morgan fingerprint density at radius 1 is 1.33 bits per heavy atom. The molecule has 2 rings (SSSR count). The van der Waals surface area contributed by atoms with E-state index in [0.717, 1.165) is 25.7 Å². The second-order valence-electron chi connectivity index (χ2n) is 6.21. The highest BCUT2D eigenvalue weighted by Gasteiger charge is 2.35. The second-order valence-corrected chi connectivity index (χ2v) is 6.21. The number of hydrogen-bond acceptors (Lipinski definition) is 3. The summed E-state index contributed by atoms with van der Waals surface area (Å²) in [6.45, 7) is 12.6. The molecule has 0 aromatic carbocycles. The monoisotopic (exact) mass is 254 g/mol. The molecule has 1 N–H and O–H groups in total. The lowest BCUT2D eigenvalue weighted by molar-refractivity contribution is 0.0745. The minimum Gasteiger partial charge on any atom is -0.381 e. The third-order valence-electron chi connectivity index (χ3n) is 5.10. The maximum atomic E-state index is 5.48. The number of piperazine rings is 1. The summed E-state index contributed by atoms with van der Waals surface area (Å²) in [5, 5.41) is 3.77. The Morgan fingerprint density at radius 3 is 2.72 bits per heavy atom. The minimum atomic E-state index is 0.360. The lowest BCUT2D eigenvalue weighted by Crippen LogP contribution is -2.63. The molecular weight excluding hydrogens is 224 g/mol. The summed E-state index contributed by atoms with van der Waals surface area (Å²) in [4.78, 5) is 2.70. The highest BCUT2D eigenvalue weighted by molar-refractivity contribution is 4.95. The Labute approximate surface area is 112 Å². The van der Waals surface area contributed by atoms with Crippen LogP contribution in [0.5, 0.6) is 0 Å². The van der Waals surface area contributed by atoms with Crippen molar-refractivity contribution in [2.45, 2.75) is 58.0 Å². The third kappa shape index (κ3) is 3.25. The molecule has 2 aliphatic rings. The third-order valence-corrected chi connectivity index (χ3v) is 5.10. The van der Waals surface area contributed by atoms with Crippen LogP contribution in [0, 0.1) is 5.92 Å². The Morgan fingerprint density at radius 2 is 2.11 bits per heavy atom. The zero-order chi connectivity index (χ0) is 13.0. The quantitative estimate of drug-likeness (QED) is 0.814. The number of nitrogens with one attached hydrogen (secondary N) is 1. The number of nitrogens with zero attached hydrogens (tertiary/aromatic N) is 1. The number of ether oxygens (including phenoxy) is 1. The predicted octanol–water partition coefficient (Wildman–Crippen LogP) is 2.27. The summed E-state index contributed by atoms with van der Waals surface area (Å²) in [5.41, 5.74) is 0.360. The maximum absolute atomic E-state index is 5.48. The van der Waals surface area contributed by atoms with Crippen LogP contribution in [0.4, 0.5) is 0 Å². The minimum absolute atomic E-state index is 0.360. The first-order valence-electron chi connectivity index (χ1n) is 7.76. The molecule has 0 amide bonds. The van der Waals surface area contributed by atoms with E-state index < -0.39 is 0 Å². The van der Waals surface area contributed by atoms with E-state index in [-0.39, 0.29) is 0 Å². The number of rotatable bonds is 5. The van der Waals surface area contributed by atoms with Crippen LogP contribution in [0.15, 0.2) is 0 Å². The number of hydrogen-bond donors (Lipinski definition) is 1. The summed E-state index contributed by atoms with van der Waals surface area (Å²) in [6.07, 6.45) is 5.06. The molecule has 0 radical (unpaired) electrons. The molecule has 106 valence electrons. The Hall–Kier alpha value is -0.120. The molecule has 2 heterocycles. The van der Waals surface area contributed by atoms with E-state index in [4.69, 9.17) is 4.74 Å². The second kappa shape index (κ2) is 6.36. The van der Waals surface area contributed by atoms with Gasteiger partial charge in [-0.25, -0.2) is 0 Å². The van der Waals surface area contributed by atoms with Crippen molar-refractivity contribution in [1.29, 1.82) is 0 Å². The van der Waals surface area contributed by atoms with Crippen LogP contribution in [-0.4, -0.2) is 49.3 Å². The van der Waals surface area contributed by atoms with E-state index in [9.17, 15) is 0 Å². The van der Waals surface area contributed by atoms with Gasteiger partial charge in [0.05, 0.1) is 0 Å². The van der Waals surface area contributed by atoms with Crippen molar-refractivity contribution in [2.24, 2.45) is 5.92 Å². The summed E-state index contributed by atoms with van der Waals surface area (Å²) < 4.78 is 5.48. The van der Waals surface area contributed by atoms with Crippen LogP contribution >= 0.6 is 0 Å². The largest absolute Gasteiger partial charge is 0.381 e. The van der Waals surface area contributed by atoms with E-state index in [1.807, 2.05) is 0 Å². The van der Waals surface area contributed by atoms with Crippen molar-refractivity contribution < 1.29 is 4.74 Å². The van der Waals surface area contributed by atoms with Gasteiger partial charge in [-0.1, -0.05) is 13.8 Å². The normalized spacial score (nSPS) is 32.8. The fraction of sp³-hybridized carbons (Fsp3) is 1.00. The Bertz CT molecular complexity index is 247. The fourth-order valence-corrected chi connectivity index (χ4v) is 3.28. The molecule has 3 heteroatoms. The van der Waals surface area contributed by atoms with Crippen LogP contribution in [0.2, 0.25) is 0 Å². The first-order valence-corrected chi connectivity index (χ1v) is 7.76. The highest BCUT2D eigenvalue weighted by atomic mass is 16.5. The van der Waals surface area contributed by atoms with Crippen molar-refractivity contribution in [3.05, 3.63) is 0 Å². The van der Waals surface area contributed by atoms with Gasteiger partial charge in [-0.3, -0.25) is 4.90 Å². The zero-order valence-electron chi connectivity index (χ0n) is 12.4. The summed E-state index contributed by atoms with van der Waals surface area (Å²) in [6, 6.07) is 0.679. The molecule has 0 saturated carbocycles. The van der Waals surface area contributed by atoms with Crippen LogP contribution < -0.4 is 5.32 Å². The van der Waals surface area contributed by atoms with Crippen molar-refractivity contribution >= 4 is 0 Å². The fourth-order valence-electron chi connectivity index (χ4n) is 3.28. The molecule has 0 bridgehead atoms. The van der Waals surface area contributed by atoms with Gasteiger partial charge >= 0.3 is 0 Å². The van der Waals surface area contributed by atoms with E-state index >= 15 is 0 Å². The van der Waals surface area contributed by atoms with Crippen molar-refractivity contribution in [2.75, 3.05) is 32.8 Å². The van der Waals surface area contributed by atoms with E-state index in [1.165, 1.54) is 38.8 Å². The summed E-state index contributed by atoms with van der Waals surface area (Å²) in [7, 11) is 0. The van der Waals surface area contributed by atoms with Crippen molar-refractivity contribution in [1.82, 2.24) is 10.2 Å². The van der Waals surface area contributed by atoms with Crippen molar-refractivity contribution in [3.63, 3.8) is 0 Å². The van der Waals surface area contributed by atoms with Gasteiger partial charge < -0.3 is 10.1 Å². The van der Waals surface area contributed by atoms with Crippen LogP contribution in [-0.2, 0) is 4.74 Å². The van der Waals surface area contributed by atoms with Gasteiger partial charge in [0.15, 0.2) is 0 Å². The van der Waals surface area contributed by atoms with Gasteiger partial charge in [-0.15, -0.1) is 0 Å². The molecule has 2 saturated heterocycles. The SMILES string of the molecule is CCC1(CC)CN(CCC2CCOC2)C(C)CN1. The molecule has 2 atom stereocenters. The first kappa shape index (κ1) is 14.3. The molecule has 2 aliphatic heterocycles. The molecule has 0 aliphatic carbocycles. The molecule has 2 unspecified atom stereocenters. The maximum Gasteiger partial charge on any atom is 0.0495 e. The van der Waals surface area contributed by atoms with Gasteiger partial charge in [-0.2, -0.15) is 0 Å². The summed E-state index contributed by atoms with van der Waals surface area (Å²) >= 11 is 0. The van der Waals surface area contributed by atoms with E-state index in [2.05, 4.69) is 31.0 Å². The average Bonchev–Trinajstić information content (AvgIpc) is 2.91. The zero-order valence-corrected chi connectivity index (χ0v) is 12.4. The molecule has 0 aromatic heterocycles. The lowest BCUT2D eigenvalue weighted by Gasteiger charge is -2.46. The van der Waals surface area contributed by atoms with Gasteiger partial charge in [0.1, 0.15) is 0 Å². The molecule has 2 fully saturated rings.